The molecule has 0 aliphatic heterocycles. The third-order valence-corrected chi connectivity index (χ3v) is 3.79. The maximum atomic E-state index is 10.9. The smallest absolute Gasteiger partial charge is 0.273 e. The summed E-state index contributed by atoms with van der Waals surface area (Å²) in [6.07, 6.45) is 1.02. The van der Waals surface area contributed by atoms with E-state index in [1.807, 2.05) is 0 Å². The van der Waals surface area contributed by atoms with Crippen LogP contribution in [0.2, 0.25) is 0 Å². The van der Waals surface area contributed by atoms with Gasteiger partial charge in [0, 0.05) is 28.7 Å². The molecule has 0 radical (unpaired) electrons. The highest BCUT2D eigenvalue weighted by molar-refractivity contribution is 9.10. The van der Waals surface area contributed by atoms with Crippen LogP contribution in [0.3, 0.4) is 0 Å². The minimum atomic E-state index is -0.337. The van der Waals surface area contributed by atoms with Gasteiger partial charge in [0.25, 0.3) is 5.69 Å². The molecular weight excluding hydrogens is 322 g/mol. The van der Waals surface area contributed by atoms with E-state index in [1.54, 1.807) is 12.1 Å². The minimum absolute atomic E-state index is 0.167. The van der Waals surface area contributed by atoms with E-state index in [2.05, 4.69) is 47.0 Å². The van der Waals surface area contributed by atoms with Gasteiger partial charge in [-0.1, -0.05) is 15.9 Å². The fraction of sp³-hybridized carbons (Fsp3) is 0.571. The Morgan fingerprint density at radius 1 is 1.45 bits per heavy atom. The largest absolute Gasteiger partial charge is 0.312 e. The lowest BCUT2D eigenvalue weighted by Crippen LogP contribution is -2.29. The van der Waals surface area contributed by atoms with Gasteiger partial charge in [-0.25, -0.2) is 0 Å². The predicted octanol–water partition coefficient (Wildman–Crippen LogP) is 3.18. The molecule has 0 heterocycles. The molecule has 0 bridgehead atoms. The number of hydrogen-bond donors (Lipinski definition) is 1. The van der Waals surface area contributed by atoms with Crippen LogP contribution >= 0.6 is 15.9 Å². The monoisotopic (exact) mass is 343 g/mol. The Kier molecular flexibility index (Phi) is 7.12. The Balaban J connectivity index is 2.42. The Morgan fingerprint density at radius 2 is 2.15 bits per heavy atom. The van der Waals surface area contributed by atoms with Gasteiger partial charge in [0.2, 0.25) is 0 Å². The molecule has 112 valence electrons. The molecule has 1 aromatic carbocycles. The summed E-state index contributed by atoms with van der Waals surface area (Å²) in [5, 5.41) is 14.2. The molecule has 0 unspecified atom stereocenters. The van der Waals surface area contributed by atoms with Crippen LogP contribution in [0.1, 0.15) is 25.8 Å². The topological polar surface area (TPSA) is 58.4 Å². The van der Waals surface area contributed by atoms with Gasteiger partial charge in [0.1, 0.15) is 0 Å². The molecule has 0 spiro atoms. The number of benzene rings is 1. The summed E-state index contributed by atoms with van der Waals surface area (Å²) in [5.41, 5.74) is 0.876. The lowest BCUT2D eigenvalue weighted by molar-refractivity contribution is -0.385. The molecule has 0 atom stereocenters. The van der Waals surface area contributed by atoms with Gasteiger partial charge in [-0.3, -0.25) is 10.1 Å². The van der Waals surface area contributed by atoms with Crippen molar-refractivity contribution in [3.05, 3.63) is 38.3 Å². The van der Waals surface area contributed by atoms with Gasteiger partial charge in [-0.15, -0.1) is 0 Å². The standard InChI is InChI=1S/C14H22BrN3O2/c1-11(2)17(3)8-4-7-16-10-12-9-13(15)5-6-14(12)18(19)20/h5-6,9,11,16H,4,7-8,10H2,1-3H3. The van der Waals surface area contributed by atoms with Gasteiger partial charge in [0.15, 0.2) is 0 Å². The maximum Gasteiger partial charge on any atom is 0.273 e. The van der Waals surface area contributed by atoms with Crippen LogP contribution < -0.4 is 5.32 Å². The van der Waals surface area contributed by atoms with E-state index in [1.165, 1.54) is 6.07 Å². The summed E-state index contributed by atoms with van der Waals surface area (Å²) in [4.78, 5) is 12.9. The molecule has 1 aromatic rings. The summed E-state index contributed by atoms with van der Waals surface area (Å²) >= 11 is 3.35. The molecule has 6 heteroatoms. The molecule has 0 aliphatic rings. The number of nitrogens with zero attached hydrogens (tertiary/aromatic N) is 2. The van der Waals surface area contributed by atoms with Crippen molar-refractivity contribution >= 4 is 21.6 Å². The molecule has 0 amide bonds. The van der Waals surface area contributed by atoms with Crippen molar-refractivity contribution in [3.63, 3.8) is 0 Å². The van der Waals surface area contributed by atoms with Crippen LogP contribution in [-0.4, -0.2) is 36.0 Å². The summed E-state index contributed by atoms with van der Waals surface area (Å²) < 4.78 is 0.861. The molecule has 0 aliphatic carbocycles. The lowest BCUT2D eigenvalue weighted by atomic mass is 10.2. The van der Waals surface area contributed by atoms with Gasteiger partial charge in [0.05, 0.1) is 4.92 Å². The van der Waals surface area contributed by atoms with Gasteiger partial charge in [-0.2, -0.15) is 0 Å². The zero-order valence-corrected chi connectivity index (χ0v) is 13.8. The molecule has 1 N–H and O–H groups in total. The van der Waals surface area contributed by atoms with Crippen LogP contribution in [0, 0.1) is 10.1 Å². The van der Waals surface area contributed by atoms with Crippen molar-refractivity contribution in [2.24, 2.45) is 0 Å². The summed E-state index contributed by atoms with van der Waals surface area (Å²) in [6.45, 7) is 6.71. The van der Waals surface area contributed by atoms with E-state index in [-0.39, 0.29) is 10.6 Å². The Bertz CT molecular complexity index is 452. The van der Waals surface area contributed by atoms with Crippen LogP contribution in [-0.2, 0) is 6.54 Å². The van der Waals surface area contributed by atoms with Crippen molar-refractivity contribution in [3.8, 4) is 0 Å². The summed E-state index contributed by atoms with van der Waals surface area (Å²) in [7, 11) is 2.10. The van der Waals surface area contributed by atoms with E-state index < -0.39 is 0 Å². The molecule has 0 aromatic heterocycles. The first-order valence-electron chi connectivity index (χ1n) is 6.75. The number of nitro benzene ring substituents is 1. The fourth-order valence-electron chi connectivity index (χ4n) is 1.81. The second-order valence-corrected chi connectivity index (χ2v) is 6.05. The van der Waals surface area contributed by atoms with Crippen molar-refractivity contribution < 1.29 is 4.92 Å². The quantitative estimate of drug-likeness (QED) is 0.447. The van der Waals surface area contributed by atoms with E-state index in [4.69, 9.17) is 0 Å². The molecule has 0 fully saturated rings. The first kappa shape index (κ1) is 17.1. The molecule has 20 heavy (non-hydrogen) atoms. The number of rotatable bonds is 8. The Hall–Kier alpha value is -0.980. The van der Waals surface area contributed by atoms with Crippen molar-refractivity contribution in [1.82, 2.24) is 10.2 Å². The second-order valence-electron chi connectivity index (χ2n) is 5.13. The van der Waals surface area contributed by atoms with E-state index in [0.717, 1.165) is 24.0 Å². The third kappa shape index (κ3) is 5.56. The zero-order chi connectivity index (χ0) is 15.1. The highest BCUT2D eigenvalue weighted by Crippen LogP contribution is 2.22. The molecule has 0 saturated carbocycles. The van der Waals surface area contributed by atoms with Crippen LogP contribution in [0.5, 0.6) is 0 Å². The number of halogens is 1. The zero-order valence-electron chi connectivity index (χ0n) is 12.2. The van der Waals surface area contributed by atoms with E-state index in [0.29, 0.717) is 18.2 Å². The molecule has 5 nitrogen and oxygen atoms in total. The molecular formula is C14H22BrN3O2. The van der Waals surface area contributed by atoms with Crippen LogP contribution in [0.4, 0.5) is 5.69 Å². The molecule has 0 saturated heterocycles. The van der Waals surface area contributed by atoms with Crippen molar-refractivity contribution in [1.29, 1.82) is 0 Å². The second kappa shape index (κ2) is 8.34. The Labute approximate surface area is 128 Å². The first-order chi connectivity index (χ1) is 9.41. The van der Waals surface area contributed by atoms with Crippen LogP contribution in [0.25, 0.3) is 0 Å². The average molecular weight is 344 g/mol. The highest BCUT2D eigenvalue weighted by Gasteiger charge is 2.13. The number of nitrogens with one attached hydrogen (secondary N) is 1. The third-order valence-electron chi connectivity index (χ3n) is 3.30. The van der Waals surface area contributed by atoms with Crippen molar-refractivity contribution in [2.45, 2.75) is 32.9 Å². The first-order valence-corrected chi connectivity index (χ1v) is 7.55. The summed E-state index contributed by atoms with van der Waals surface area (Å²) in [5.74, 6) is 0. The minimum Gasteiger partial charge on any atom is -0.312 e. The lowest BCUT2D eigenvalue weighted by Gasteiger charge is -2.20. The number of nitro groups is 1. The Morgan fingerprint density at radius 3 is 2.75 bits per heavy atom. The van der Waals surface area contributed by atoms with Crippen molar-refractivity contribution in [2.75, 3.05) is 20.1 Å². The maximum absolute atomic E-state index is 10.9. The SMILES string of the molecule is CC(C)N(C)CCCNCc1cc(Br)ccc1[N+](=O)[O-]. The van der Waals surface area contributed by atoms with E-state index in [9.17, 15) is 10.1 Å². The summed E-state index contributed by atoms with van der Waals surface area (Å²) in [6, 6.07) is 5.57. The van der Waals surface area contributed by atoms with Gasteiger partial charge in [-0.05, 0) is 52.5 Å². The fourth-order valence-corrected chi connectivity index (χ4v) is 2.22. The molecule has 1 rings (SSSR count). The normalized spacial score (nSPS) is 11.3. The average Bonchev–Trinajstić information content (AvgIpc) is 2.37. The van der Waals surface area contributed by atoms with Gasteiger partial charge < -0.3 is 10.2 Å². The number of hydrogen-bond acceptors (Lipinski definition) is 4. The highest BCUT2D eigenvalue weighted by atomic mass is 79.9. The predicted molar refractivity (Wildman–Crippen MR) is 84.9 cm³/mol. The van der Waals surface area contributed by atoms with E-state index >= 15 is 0 Å². The van der Waals surface area contributed by atoms with Gasteiger partial charge >= 0.3 is 0 Å². The van der Waals surface area contributed by atoms with Crippen LogP contribution in [0.15, 0.2) is 22.7 Å².